The van der Waals surface area contributed by atoms with E-state index in [9.17, 15) is 9.59 Å². The Kier molecular flexibility index (Phi) is 5.81. The maximum Gasteiger partial charge on any atom is 0.408 e. The summed E-state index contributed by atoms with van der Waals surface area (Å²) in [6.45, 7) is 5.06. The summed E-state index contributed by atoms with van der Waals surface area (Å²) in [4.78, 5) is 22.7. The van der Waals surface area contributed by atoms with E-state index in [1.54, 1.807) is 32.9 Å². The van der Waals surface area contributed by atoms with E-state index >= 15 is 0 Å². The molecule has 118 valence electrons. The van der Waals surface area contributed by atoms with Gasteiger partial charge in [-0.2, -0.15) is 0 Å². The molecule has 1 unspecified atom stereocenters. The fourth-order valence-corrected chi connectivity index (χ4v) is 1.45. The van der Waals surface area contributed by atoms with E-state index < -0.39 is 23.7 Å². The van der Waals surface area contributed by atoms with Gasteiger partial charge in [0.2, 0.25) is 0 Å². The highest BCUT2D eigenvalue weighted by atomic mass is 16.6. The average molecular weight is 305 g/mol. The van der Waals surface area contributed by atoms with Crippen LogP contribution >= 0.6 is 0 Å². The monoisotopic (exact) mass is 305 g/mol. The number of carbonyl (C=O) groups excluding carboxylic acids is 1. The number of phenolic OH excluding ortho intramolecular Hbond substituents is 1. The van der Waals surface area contributed by atoms with Crippen molar-refractivity contribution < 1.29 is 24.5 Å². The molecule has 1 aromatic rings. The van der Waals surface area contributed by atoms with Crippen molar-refractivity contribution in [2.75, 3.05) is 0 Å². The van der Waals surface area contributed by atoms with Crippen LogP contribution in [0.3, 0.4) is 0 Å². The number of nitrogens with one attached hydrogen (secondary N) is 1. The number of hydrogen-bond acceptors (Lipinski definition) is 4. The van der Waals surface area contributed by atoms with Gasteiger partial charge in [0, 0.05) is 12.0 Å². The van der Waals surface area contributed by atoms with Gasteiger partial charge in [-0.3, -0.25) is 0 Å². The second-order valence-electron chi connectivity index (χ2n) is 5.59. The summed E-state index contributed by atoms with van der Waals surface area (Å²) in [5.74, 6) is 4.39. The quantitative estimate of drug-likeness (QED) is 0.743. The van der Waals surface area contributed by atoms with Crippen molar-refractivity contribution in [3.05, 3.63) is 29.8 Å². The first kappa shape index (κ1) is 17.4. The zero-order valence-corrected chi connectivity index (χ0v) is 12.7. The Hall–Kier alpha value is -2.68. The third-order valence-corrected chi connectivity index (χ3v) is 2.40. The van der Waals surface area contributed by atoms with Gasteiger partial charge in [0.1, 0.15) is 17.4 Å². The number of benzene rings is 1. The number of ether oxygens (including phenoxy) is 1. The predicted molar refractivity (Wildman–Crippen MR) is 80.4 cm³/mol. The lowest BCUT2D eigenvalue weighted by Crippen LogP contribution is -2.43. The van der Waals surface area contributed by atoms with Gasteiger partial charge in [-0.05, 0) is 45.0 Å². The molecule has 0 radical (unpaired) electrons. The Morgan fingerprint density at radius 2 is 1.86 bits per heavy atom. The molecule has 22 heavy (non-hydrogen) atoms. The van der Waals surface area contributed by atoms with Crippen molar-refractivity contribution in [3.8, 4) is 17.6 Å². The van der Waals surface area contributed by atoms with Gasteiger partial charge in [0.15, 0.2) is 0 Å². The van der Waals surface area contributed by atoms with Gasteiger partial charge in [-0.25, -0.2) is 9.59 Å². The standard InChI is InChI=1S/C16H19NO5/c1-16(2,3)22-15(21)17-13(14(19)20)6-4-5-11-7-9-12(18)10-8-11/h7-10,13,18H,6H2,1-3H3,(H,17,21)(H,19,20). The molecule has 0 aliphatic rings. The Bertz CT molecular complexity index is 590. The second kappa shape index (κ2) is 7.36. The van der Waals surface area contributed by atoms with Crippen LogP contribution in [-0.4, -0.2) is 33.9 Å². The highest BCUT2D eigenvalue weighted by molar-refractivity contribution is 5.80. The van der Waals surface area contributed by atoms with Crippen molar-refractivity contribution >= 4 is 12.1 Å². The zero-order valence-electron chi connectivity index (χ0n) is 12.7. The molecule has 0 aromatic heterocycles. The Morgan fingerprint density at radius 3 is 2.36 bits per heavy atom. The second-order valence-corrected chi connectivity index (χ2v) is 5.59. The van der Waals surface area contributed by atoms with Crippen LogP contribution in [0.5, 0.6) is 5.75 Å². The Labute approximate surface area is 129 Å². The molecular formula is C16H19NO5. The van der Waals surface area contributed by atoms with Crippen LogP contribution < -0.4 is 5.32 Å². The summed E-state index contributed by atoms with van der Waals surface area (Å²) in [6.07, 6.45) is -0.860. The Balaban J connectivity index is 2.64. The number of aromatic hydroxyl groups is 1. The predicted octanol–water partition coefficient (Wildman–Crippen LogP) is 2.11. The van der Waals surface area contributed by atoms with Gasteiger partial charge in [0.05, 0.1) is 0 Å². The first-order valence-corrected chi connectivity index (χ1v) is 6.67. The molecule has 1 rings (SSSR count). The maximum absolute atomic E-state index is 11.6. The van der Waals surface area contributed by atoms with Crippen molar-refractivity contribution in [2.24, 2.45) is 0 Å². The highest BCUT2D eigenvalue weighted by Gasteiger charge is 2.23. The molecule has 0 spiro atoms. The molecule has 0 saturated carbocycles. The fourth-order valence-electron chi connectivity index (χ4n) is 1.45. The zero-order chi connectivity index (χ0) is 16.8. The van der Waals surface area contributed by atoms with E-state index in [0.717, 1.165) is 0 Å². The third-order valence-electron chi connectivity index (χ3n) is 2.40. The number of phenols is 1. The molecule has 0 bridgehead atoms. The molecule has 0 heterocycles. The lowest BCUT2D eigenvalue weighted by atomic mass is 10.1. The van der Waals surface area contributed by atoms with E-state index in [4.69, 9.17) is 14.9 Å². The summed E-state index contributed by atoms with van der Waals surface area (Å²) in [7, 11) is 0. The number of carboxylic acids is 1. The van der Waals surface area contributed by atoms with Crippen LogP contribution in [0, 0.1) is 11.8 Å². The maximum atomic E-state index is 11.6. The van der Waals surface area contributed by atoms with Gasteiger partial charge in [0.25, 0.3) is 0 Å². The molecule has 0 aliphatic carbocycles. The number of amides is 1. The van der Waals surface area contributed by atoms with Crippen molar-refractivity contribution in [2.45, 2.75) is 38.8 Å². The Morgan fingerprint density at radius 1 is 1.27 bits per heavy atom. The van der Waals surface area contributed by atoms with E-state index in [1.165, 1.54) is 12.1 Å². The summed E-state index contributed by atoms with van der Waals surface area (Å²) in [5, 5.41) is 20.5. The first-order chi connectivity index (χ1) is 10.2. The minimum Gasteiger partial charge on any atom is -0.508 e. The van der Waals surface area contributed by atoms with Crippen molar-refractivity contribution in [3.63, 3.8) is 0 Å². The molecule has 6 heteroatoms. The number of alkyl carbamates (subject to hydrolysis) is 1. The molecule has 0 aliphatic heterocycles. The molecule has 1 amide bonds. The normalized spacial score (nSPS) is 11.8. The van der Waals surface area contributed by atoms with Crippen molar-refractivity contribution in [1.29, 1.82) is 0 Å². The number of carboxylic acid groups (broad SMARTS) is 1. The van der Waals surface area contributed by atoms with Crippen LogP contribution in [0.1, 0.15) is 32.8 Å². The summed E-state index contributed by atoms with van der Waals surface area (Å²) in [6, 6.07) is 5.04. The van der Waals surface area contributed by atoms with Gasteiger partial charge in [-0.1, -0.05) is 11.8 Å². The molecule has 0 saturated heterocycles. The topological polar surface area (TPSA) is 95.9 Å². The van der Waals surface area contributed by atoms with Crippen LogP contribution in [-0.2, 0) is 9.53 Å². The number of rotatable bonds is 3. The smallest absolute Gasteiger partial charge is 0.408 e. The molecular weight excluding hydrogens is 286 g/mol. The summed E-state index contributed by atoms with van der Waals surface area (Å²) >= 11 is 0. The number of aliphatic carboxylic acids is 1. The third kappa shape index (κ3) is 6.66. The van der Waals surface area contributed by atoms with E-state index in [0.29, 0.717) is 5.56 Å². The van der Waals surface area contributed by atoms with E-state index in [-0.39, 0.29) is 12.2 Å². The van der Waals surface area contributed by atoms with E-state index in [2.05, 4.69) is 17.2 Å². The lowest BCUT2D eigenvalue weighted by Gasteiger charge is -2.21. The van der Waals surface area contributed by atoms with Crippen LogP contribution in [0.15, 0.2) is 24.3 Å². The molecule has 1 atom stereocenters. The van der Waals surface area contributed by atoms with Gasteiger partial charge in [-0.15, -0.1) is 0 Å². The fraction of sp³-hybridized carbons (Fsp3) is 0.375. The number of hydrogen-bond donors (Lipinski definition) is 3. The molecule has 3 N–H and O–H groups in total. The summed E-state index contributed by atoms with van der Waals surface area (Å²) in [5.41, 5.74) is -0.0654. The lowest BCUT2D eigenvalue weighted by molar-refractivity contribution is -0.139. The first-order valence-electron chi connectivity index (χ1n) is 6.67. The van der Waals surface area contributed by atoms with Crippen molar-refractivity contribution in [1.82, 2.24) is 5.32 Å². The molecule has 1 aromatic carbocycles. The minimum absolute atomic E-state index is 0.0601. The highest BCUT2D eigenvalue weighted by Crippen LogP contribution is 2.09. The average Bonchev–Trinajstić information content (AvgIpc) is 2.37. The molecule has 0 fully saturated rings. The van der Waals surface area contributed by atoms with Crippen LogP contribution in [0.25, 0.3) is 0 Å². The van der Waals surface area contributed by atoms with Gasteiger partial charge < -0.3 is 20.3 Å². The van der Waals surface area contributed by atoms with E-state index in [1.807, 2.05) is 0 Å². The minimum atomic E-state index is -1.19. The molecule has 6 nitrogen and oxygen atoms in total. The SMILES string of the molecule is CC(C)(C)OC(=O)NC(CC#Cc1ccc(O)cc1)C(=O)O. The van der Waals surface area contributed by atoms with Crippen LogP contribution in [0.2, 0.25) is 0 Å². The largest absolute Gasteiger partial charge is 0.508 e. The van der Waals surface area contributed by atoms with Crippen LogP contribution in [0.4, 0.5) is 4.79 Å². The van der Waals surface area contributed by atoms with Gasteiger partial charge >= 0.3 is 12.1 Å². The number of carbonyl (C=O) groups is 2. The summed E-state index contributed by atoms with van der Waals surface area (Å²) < 4.78 is 5.01.